The highest BCUT2D eigenvalue weighted by atomic mass is 16.7. The van der Waals surface area contributed by atoms with Gasteiger partial charge in [0, 0.05) is 5.56 Å². The topological polar surface area (TPSA) is 29.5 Å². The molecule has 0 saturated heterocycles. The second-order valence-corrected chi connectivity index (χ2v) is 4.86. The number of hydrogen-bond acceptors (Lipinski definition) is 2. The average molecular weight is 231 g/mol. The lowest BCUT2D eigenvalue weighted by Gasteiger charge is -2.26. The van der Waals surface area contributed by atoms with Gasteiger partial charge in [0.15, 0.2) is 0 Å². The Balaban J connectivity index is 1.69. The Morgan fingerprint density at radius 3 is 2.65 bits per heavy atom. The Hall–Kier alpha value is -1.35. The number of carbonyl (C=O) groups is 1. The van der Waals surface area contributed by atoms with Crippen molar-refractivity contribution in [1.29, 1.82) is 0 Å². The molecule has 90 valence electrons. The van der Waals surface area contributed by atoms with E-state index in [1.54, 1.807) is 5.06 Å². The highest BCUT2D eigenvalue weighted by molar-refractivity contribution is 5.97. The third-order valence-electron chi connectivity index (χ3n) is 3.62. The van der Waals surface area contributed by atoms with Crippen molar-refractivity contribution >= 4 is 5.91 Å². The predicted molar refractivity (Wildman–Crippen MR) is 64.3 cm³/mol. The van der Waals surface area contributed by atoms with Crippen LogP contribution >= 0.6 is 0 Å². The largest absolute Gasteiger partial charge is 0.278 e. The smallest absolute Gasteiger partial charge is 0.267 e. The Morgan fingerprint density at radius 1 is 1.12 bits per heavy atom. The van der Waals surface area contributed by atoms with Gasteiger partial charge in [0.1, 0.15) is 0 Å². The molecule has 1 heterocycles. The van der Waals surface area contributed by atoms with Crippen molar-refractivity contribution in [2.45, 2.75) is 44.8 Å². The molecule has 0 spiro atoms. The van der Waals surface area contributed by atoms with E-state index in [4.69, 9.17) is 4.84 Å². The molecule has 1 aromatic rings. The van der Waals surface area contributed by atoms with E-state index in [9.17, 15) is 4.79 Å². The van der Waals surface area contributed by atoms with Gasteiger partial charge in [0.2, 0.25) is 0 Å². The molecule has 3 rings (SSSR count). The Labute approximate surface area is 101 Å². The number of carbonyl (C=O) groups excluding carboxylic acids is 1. The van der Waals surface area contributed by atoms with Crippen LogP contribution in [-0.4, -0.2) is 17.1 Å². The van der Waals surface area contributed by atoms with E-state index in [0.29, 0.717) is 6.54 Å². The molecule has 1 saturated carbocycles. The van der Waals surface area contributed by atoms with Crippen LogP contribution in [0, 0.1) is 0 Å². The van der Waals surface area contributed by atoms with Gasteiger partial charge >= 0.3 is 0 Å². The van der Waals surface area contributed by atoms with Crippen molar-refractivity contribution in [1.82, 2.24) is 5.06 Å². The van der Waals surface area contributed by atoms with Crippen molar-refractivity contribution in [3.8, 4) is 0 Å². The summed E-state index contributed by atoms with van der Waals surface area (Å²) in [5, 5.41) is 1.54. The average Bonchev–Trinajstić information content (AvgIpc) is 2.68. The summed E-state index contributed by atoms with van der Waals surface area (Å²) in [6.07, 6.45) is 6.15. The zero-order valence-corrected chi connectivity index (χ0v) is 9.89. The fraction of sp³-hybridized carbons (Fsp3) is 0.500. The number of fused-ring (bicyclic) bond motifs is 1. The summed E-state index contributed by atoms with van der Waals surface area (Å²) in [6, 6.07) is 7.75. The number of benzene rings is 1. The van der Waals surface area contributed by atoms with Gasteiger partial charge in [-0.05, 0) is 24.5 Å². The molecule has 1 amide bonds. The second kappa shape index (κ2) is 4.49. The first kappa shape index (κ1) is 10.8. The van der Waals surface area contributed by atoms with E-state index in [1.165, 1.54) is 19.3 Å². The van der Waals surface area contributed by atoms with Crippen LogP contribution in [0.5, 0.6) is 0 Å². The molecule has 0 bridgehead atoms. The minimum Gasteiger partial charge on any atom is -0.267 e. The van der Waals surface area contributed by atoms with Crippen LogP contribution in [0.1, 0.15) is 48.0 Å². The first-order chi connectivity index (χ1) is 8.34. The van der Waals surface area contributed by atoms with Crippen molar-refractivity contribution in [3.05, 3.63) is 35.4 Å². The van der Waals surface area contributed by atoms with E-state index in [0.717, 1.165) is 24.0 Å². The first-order valence-electron chi connectivity index (χ1n) is 6.41. The standard InChI is InChI=1S/C14H17NO2/c16-14-13-9-5-4-6-11(13)10-15(14)17-12-7-2-1-3-8-12/h4-6,9,12H,1-3,7-8,10H2. The molecule has 3 nitrogen and oxygen atoms in total. The first-order valence-corrected chi connectivity index (χ1v) is 6.41. The maximum Gasteiger partial charge on any atom is 0.278 e. The number of nitrogens with zero attached hydrogens (tertiary/aromatic N) is 1. The lowest BCUT2D eigenvalue weighted by molar-refractivity contribution is -0.173. The number of hydroxylamine groups is 2. The summed E-state index contributed by atoms with van der Waals surface area (Å²) >= 11 is 0. The van der Waals surface area contributed by atoms with E-state index in [2.05, 4.69) is 0 Å². The lowest BCUT2D eigenvalue weighted by atomic mass is 9.98. The highest BCUT2D eigenvalue weighted by Crippen LogP contribution is 2.27. The molecular weight excluding hydrogens is 214 g/mol. The SMILES string of the molecule is O=C1c2ccccc2CN1OC1CCCCC1. The van der Waals surface area contributed by atoms with Gasteiger partial charge in [-0.3, -0.25) is 9.63 Å². The quantitative estimate of drug-likeness (QED) is 0.783. The molecule has 3 heteroatoms. The Kier molecular flexibility index (Phi) is 2.85. The minimum absolute atomic E-state index is 0.0196. The van der Waals surface area contributed by atoms with Crippen LogP contribution in [-0.2, 0) is 11.4 Å². The molecule has 1 fully saturated rings. The van der Waals surface area contributed by atoms with Gasteiger partial charge < -0.3 is 0 Å². The second-order valence-electron chi connectivity index (χ2n) is 4.86. The lowest BCUT2D eigenvalue weighted by Crippen LogP contribution is -2.31. The summed E-state index contributed by atoms with van der Waals surface area (Å²) in [6.45, 7) is 0.603. The summed E-state index contributed by atoms with van der Waals surface area (Å²) in [4.78, 5) is 17.9. The van der Waals surface area contributed by atoms with E-state index < -0.39 is 0 Å². The minimum atomic E-state index is 0.0196. The normalized spacial score (nSPS) is 20.7. The van der Waals surface area contributed by atoms with Gasteiger partial charge in [0.25, 0.3) is 5.91 Å². The number of hydrogen-bond donors (Lipinski definition) is 0. The molecular formula is C14H17NO2. The van der Waals surface area contributed by atoms with Gasteiger partial charge in [0.05, 0.1) is 12.6 Å². The molecule has 17 heavy (non-hydrogen) atoms. The molecule has 0 aromatic heterocycles. The Morgan fingerprint density at radius 2 is 1.88 bits per heavy atom. The van der Waals surface area contributed by atoms with Gasteiger partial charge in [-0.2, -0.15) is 0 Å². The fourth-order valence-corrected chi connectivity index (χ4v) is 2.66. The maximum atomic E-state index is 12.1. The maximum absolute atomic E-state index is 12.1. The number of amides is 1. The van der Waals surface area contributed by atoms with Crippen LogP contribution in [0.3, 0.4) is 0 Å². The summed E-state index contributed by atoms with van der Waals surface area (Å²) < 4.78 is 0. The van der Waals surface area contributed by atoms with Crippen molar-refractivity contribution in [2.24, 2.45) is 0 Å². The van der Waals surface area contributed by atoms with E-state index >= 15 is 0 Å². The van der Waals surface area contributed by atoms with Gasteiger partial charge in [-0.25, -0.2) is 5.06 Å². The van der Waals surface area contributed by atoms with Gasteiger partial charge in [-0.1, -0.05) is 37.5 Å². The summed E-state index contributed by atoms with van der Waals surface area (Å²) in [5.74, 6) is 0.0196. The zero-order chi connectivity index (χ0) is 11.7. The molecule has 1 aliphatic carbocycles. The Bertz CT molecular complexity index is 424. The van der Waals surface area contributed by atoms with Crippen molar-refractivity contribution in [3.63, 3.8) is 0 Å². The van der Waals surface area contributed by atoms with E-state index in [-0.39, 0.29) is 12.0 Å². The predicted octanol–water partition coefficient (Wildman–Crippen LogP) is 2.91. The van der Waals surface area contributed by atoms with Crippen LogP contribution in [0.4, 0.5) is 0 Å². The summed E-state index contributed by atoms with van der Waals surface area (Å²) in [5.41, 5.74) is 1.87. The number of rotatable bonds is 2. The van der Waals surface area contributed by atoms with Crippen LogP contribution in [0.2, 0.25) is 0 Å². The third kappa shape index (κ3) is 2.07. The third-order valence-corrected chi connectivity index (χ3v) is 3.62. The van der Waals surface area contributed by atoms with Crippen LogP contribution in [0.25, 0.3) is 0 Å². The van der Waals surface area contributed by atoms with Crippen LogP contribution < -0.4 is 0 Å². The molecule has 0 unspecified atom stereocenters. The molecule has 0 radical (unpaired) electrons. The fourth-order valence-electron chi connectivity index (χ4n) is 2.66. The molecule has 2 aliphatic rings. The van der Waals surface area contributed by atoms with Crippen molar-refractivity contribution < 1.29 is 9.63 Å². The molecule has 0 atom stereocenters. The highest BCUT2D eigenvalue weighted by Gasteiger charge is 2.30. The van der Waals surface area contributed by atoms with Crippen LogP contribution in [0.15, 0.2) is 24.3 Å². The monoisotopic (exact) mass is 231 g/mol. The zero-order valence-electron chi connectivity index (χ0n) is 9.89. The van der Waals surface area contributed by atoms with Gasteiger partial charge in [-0.15, -0.1) is 0 Å². The molecule has 0 N–H and O–H groups in total. The van der Waals surface area contributed by atoms with E-state index in [1.807, 2.05) is 24.3 Å². The summed E-state index contributed by atoms with van der Waals surface area (Å²) in [7, 11) is 0. The molecule has 1 aliphatic heterocycles. The molecule has 1 aromatic carbocycles. The van der Waals surface area contributed by atoms with Crippen molar-refractivity contribution in [2.75, 3.05) is 0 Å².